The van der Waals surface area contributed by atoms with Gasteiger partial charge in [-0.2, -0.15) is 13.2 Å². The number of aromatic nitrogens is 2. The molecule has 0 radical (unpaired) electrons. The number of aryl methyl sites for hydroxylation is 1. The van der Waals surface area contributed by atoms with Crippen molar-refractivity contribution in [3.63, 3.8) is 0 Å². The van der Waals surface area contributed by atoms with Crippen molar-refractivity contribution in [3.05, 3.63) is 52.3 Å². The summed E-state index contributed by atoms with van der Waals surface area (Å²) in [4.78, 5) is 23.3. The monoisotopic (exact) mass is 543 g/mol. The van der Waals surface area contributed by atoms with Crippen molar-refractivity contribution in [2.45, 2.75) is 64.6 Å². The molecule has 1 aliphatic rings. The van der Waals surface area contributed by atoms with Crippen LogP contribution >= 0.6 is 0 Å². The van der Waals surface area contributed by atoms with Crippen molar-refractivity contribution in [2.75, 3.05) is 32.3 Å². The zero-order chi connectivity index (χ0) is 28.6. The molecule has 1 saturated carbocycles. The molecule has 4 rings (SSSR count). The number of nitrogens with two attached hydrogens (primary N) is 1. The Kier molecular flexibility index (Phi) is 7.95. The lowest BCUT2D eigenvalue weighted by molar-refractivity contribution is -0.138. The lowest BCUT2D eigenvalue weighted by Gasteiger charge is -2.30. The molecule has 0 saturated heterocycles. The van der Waals surface area contributed by atoms with Crippen molar-refractivity contribution in [3.8, 4) is 5.75 Å². The van der Waals surface area contributed by atoms with Gasteiger partial charge >= 0.3 is 6.18 Å². The number of alkyl halides is 3. The first kappa shape index (κ1) is 28.4. The van der Waals surface area contributed by atoms with Crippen LogP contribution in [0.4, 0.5) is 24.7 Å². The second kappa shape index (κ2) is 10.9. The number of amides is 1. The van der Waals surface area contributed by atoms with Crippen LogP contribution < -0.4 is 15.8 Å². The van der Waals surface area contributed by atoms with E-state index in [1.807, 2.05) is 12.1 Å². The topological polar surface area (TPSA) is 93.4 Å². The van der Waals surface area contributed by atoms with Gasteiger partial charge in [0.1, 0.15) is 17.4 Å². The molecular formula is C29H36F3N5O2. The van der Waals surface area contributed by atoms with E-state index in [0.29, 0.717) is 22.7 Å². The predicted octanol–water partition coefficient (Wildman–Crippen LogP) is 6.39. The number of benzene rings is 2. The van der Waals surface area contributed by atoms with Gasteiger partial charge in [0.15, 0.2) is 0 Å². The lowest BCUT2D eigenvalue weighted by Crippen LogP contribution is -2.32. The smallest absolute Gasteiger partial charge is 0.416 e. The third-order valence-electron chi connectivity index (χ3n) is 7.71. The zero-order valence-corrected chi connectivity index (χ0v) is 23.2. The maximum Gasteiger partial charge on any atom is 0.416 e. The summed E-state index contributed by atoms with van der Waals surface area (Å²) >= 11 is 0. The summed E-state index contributed by atoms with van der Waals surface area (Å²) in [5.74, 6) is 2.16. The number of hydrogen-bond donors (Lipinski definition) is 2. The number of methoxy groups -OCH3 is 1. The summed E-state index contributed by atoms with van der Waals surface area (Å²) in [6.45, 7) is 5.02. The molecule has 1 aliphatic carbocycles. The molecular weight excluding hydrogens is 507 g/mol. The fourth-order valence-electron chi connectivity index (χ4n) is 5.70. The van der Waals surface area contributed by atoms with Crippen LogP contribution in [-0.4, -0.2) is 42.0 Å². The molecule has 3 aromatic rings. The third-order valence-corrected chi connectivity index (χ3v) is 7.71. The van der Waals surface area contributed by atoms with E-state index in [9.17, 15) is 18.0 Å². The van der Waals surface area contributed by atoms with Crippen LogP contribution in [-0.2, 0) is 11.0 Å². The maximum atomic E-state index is 13.6. The van der Waals surface area contributed by atoms with Gasteiger partial charge in [0.25, 0.3) is 0 Å². The van der Waals surface area contributed by atoms with Gasteiger partial charge in [0, 0.05) is 37.2 Å². The van der Waals surface area contributed by atoms with Crippen LogP contribution in [0.3, 0.4) is 0 Å². The number of nitrogen functional groups attached to an aromatic ring is 1. The minimum atomic E-state index is -4.51. The van der Waals surface area contributed by atoms with Crippen LogP contribution in [0.15, 0.2) is 24.3 Å². The Morgan fingerprint density at radius 2 is 1.77 bits per heavy atom. The number of carbonyl (C=O) groups is 1. The van der Waals surface area contributed by atoms with Crippen molar-refractivity contribution in [2.24, 2.45) is 5.92 Å². The van der Waals surface area contributed by atoms with Gasteiger partial charge in [-0.3, -0.25) is 4.79 Å². The summed E-state index contributed by atoms with van der Waals surface area (Å²) in [6, 6.07) is 5.94. The van der Waals surface area contributed by atoms with Crippen molar-refractivity contribution in [1.82, 2.24) is 14.9 Å². The number of halogens is 3. The number of hydrogen-bond acceptors (Lipinski definition) is 6. The van der Waals surface area contributed by atoms with Gasteiger partial charge in [-0.05, 0) is 87.3 Å². The fraction of sp³-hybridized carbons (Fsp3) is 0.483. The van der Waals surface area contributed by atoms with Crippen LogP contribution in [0.1, 0.15) is 72.6 Å². The Balaban J connectivity index is 1.71. The van der Waals surface area contributed by atoms with Crippen LogP contribution in [0.5, 0.6) is 5.75 Å². The highest BCUT2D eigenvalue weighted by molar-refractivity contribution is 5.91. The molecule has 7 nitrogen and oxygen atoms in total. The molecule has 0 bridgehead atoms. The Morgan fingerprint density at radius 1 is 1.10 bits per heavy atom. The first-order chi connectivity index (χ1) is 18.3. The minimum absolute atomic E-state index is 0.0231. The van der Waals surface area contributed by atoms with Crippen LogP contribution in [0, 0.1) is 19.8 Å². The van der Waals surface area contributed by atoms with E-state index in [0.717, 1.165) is 48.4 Å². The zero-order valence-electron chi connectivity index (χ0n) is 23.2. The Labute approximate surface area is 226 Å². The Bertz CT molecular complexity index is 1380. The number of nitrogens with zero attached hydrogens (tertiary/aromatic N) is 3. The summed E-state index contributed by atoms with van der Waals surface area (Å²) in [6.07, 6.45) is -1.22. The summed E-state index contributed by atoms with van der Waals surface area (Å²) in [7, 11) is 5.20. The van der Waals surface area contributed by atoms with E-state index in [1.165, 1.54) is 6.92 Å². The van der Waals surface area contributed by atoms with Gasteiger partial charge in [-0.25, -0.2) is 9.97 Å². The molecule has 0 unspecified atom stereocenters. The second-order valence-electron chi connectivity index (χ2n) is 10.7. The van der Waals surface area contributed by atoms with E-state index in [1.54, 1.807) is 46.0 Å². The number of anilines is 2. The number of nitrogens with one attached hydrogen (secondary N) is 1. The molecule has 1 heterocycles. The number of ether oxygens (including phenoxy) is 1. The van der Waals surface area contributed by atoms with Crippen molar-refractivity contribution in [1.29, 1.82) is 0 Å². The molecule has 39 heavy (non-hydrogen) atoms. The average molecular weight is 544 g/mol. The van der Waals surface area contributed by atoms with Gasteiger partial charge in [-0.15, -0.1) is 0 Å². The highest BCUT2D eigenvalue weighted by Crippen LogP contribution is 2.43. The Morgan fingerprint density at radius 3 is 2.36 bits per heavy atom. The molecule has 1 atom stereocenters. The quantitative estimate of drug-likeness (QED) is 0.350. The second-order valence-corrected chi connectivity index (χ2v) is 10.7. The SMILES string of the molecule is COc1cc2nc(C)nc(N[C@H](C)c3cc(N)cc(C(F)(F)F)c3C)c2cc1[C@H]1CC[C@H](C(=O)N(C)C)CC1. The first-order valence-corrected chi connectivity index (χ1v) is 13.1. The average Bonchev–Trinajstić information content (AvgIpc) is 2.87. The van der Waals surface area contributed by atoms with Crippen LogP contribution in [0.25, 0.3) is 10.9 Å². The molecule has 0 aliphatic heterocycles. The molecule has 10 heteroatoms. The largest absolute Gasteiger partial charge is 0.496 e. The number of rotatable bonds is 6. The standard InChI is InChI=1S/C29H36F3N5O2/c1-15-21(11-20(33)12-24(15)29(30,31)32)16(2)34-27-23-13-22(26(39-6)14-25(23)35-17(3)36-27)18-7-9-19(10-8-18)28(38)37(4)5/h11-14,16,18-19H,7-10,33H2,1-6H3,(H,34,35,36)/t16-,18-,19-/m1/s1. The maximum absolute atomic E-state index is 13.6. The molecule has 1 aromatic heterocycles. The van der Waals surface area contributed by atoms with E-state index in [4.69, 9.17) is 10.5 Å². The highest BCUT2D eigenvalue weighted by Gasteiger charge is 2.34. The summed E-state index contributed by atoms with van der Waals surface area (Å²) in [5.41, 5.74) is 7.43. The molecule has 0 spiro atoms. The Hall–Kier alpha value is -3.56. The molecule has 1 fully saturated rings. The third kappa shape index (κ3) is 5.89. The van der Waals surface area contributed by atoms with Gasteiger partial charge in [0.2, 0.25) is 5.91 Å². The summed E-state index contributed by atoms with van der Waals surface area (Å²) in [5, 5.41) is 4.08. The number of carbonyl (C=O) groups excluding carboxylic acids is 1. The highest BCUT2D eigenvalue weighted by atomic mass is 19.4. The van der Waals surface area contributed by atoms with Crippen molar-refractivity contribution < 1.29 is 22.7 Å². The normalized spacial score (nSPS) is 18.6. The van der Waals surface area contributed by atoms with Gasteiger partial charge in [0.05, 0.1) is 24.2 Å². The summed E-state index contributed by atoms with van der Waals surface area (Å²) < 4.78 is 46.6. The van der Waals surface area contributed by atoms with E-state index in [2.05, 4.69) is 15.3 Å². The molecule has 210 valence electrons. The van der Waals surface area contributed by atoms with Crippen molar-refractivity contribution >= 4 is 28.3 Å². The van der Waals surface area contributed by atoms with Crippen LogP contribution in [0.2, 0.25) is 0 Å². The molecule has 3 N–H and O–H groups in total. The molecule has 2 aromatic carbocycles. The van der Waals surface area contributed by atoms with E-state index >= 15 is 0 Å². The van der Waals surface area contributed by atoms with Gasteiger partial charge in [-0.1, -0.05) is 0 Å². The van der Waals surface area contributed by atoms with Gasteiger partial charge < -0.3 is 20.7 Å². The molecule has 1 amide bonds. The predicted molar refractivity (Wildman–Crippen MR) is 147 cm³/mol. The first-order valence-electron chi connectivity index (χ1n) is 13.1. The van der Waals surface area contributed by atoms with E-state index < -0.39 is 17.8 Å². The lowest BCUT2D eigenvalue weighted by atomic mass is 9.77. The minimum Gasteiger partial charge on any atom is -0.496 e. The fourth-order valence-corrected chi connectivity index (χ4v) is 5.70. The van der Waals surface area contributed by atoms with E-state index in [-0.39, 0.29) is 29.0 Å². The number of fused-ring (bicyclic) bond motifs is 1.